The first-order chi connectivity index (χ1) is 11.1. The van der Waals surface area contributed by atoms with Gasteiger partial charge in [0.2, 0.25) is 5.91 Å². The highest BCUT2D eigenvalue weighted by atomic mass is 16.5. The molecule has 0 bridgehead atoms. The zero-order chi connectivity index (χ0) is 16.4. The Morgan fingerprint density at radius 1 is 1.09 bits per heavy atom. The molecule has 2 amide bonds. The summed E-state index contributed by atoms with van der Waals surface area (Å²) in [7, 11) is 1.71. The highest BCUT2D eigenvalue weighted by Crippen LogP contribution is 2.33. The number of para-hydroxylation sites is 3. The van der Waals surface area contributed by atoms with Crippen molar-refractivity contribution < 1.29 is 14.3 Å². The van der Waals surface area contributed by atoms with Crippen LogP contribution in [0.5, 0.6) is 5.75 Å². The van der Waals surface area contributed by atoms with E-state index in [1.165, 1.54) is 6.92 Å². The number of benzene rings is 2. The summed E-state index contributed by atoms with van der Waals surface area (Å²) in [5.74, 6) is 0.256. The summed E-state index contributed by atoms with van der Waals surface area (Å²) in [4.78, 5) is 27.8. The predicted molar refractivity (Wildman–Crippen MR) is 88.7 cm³/mol. The predicted octanol–water partition coefficient (Wildman–Crippen LogP) is 2.46. The maximum absolute atomic E-state index is 12.7. The van der Waals surface area contributed by atoms with Crippen molar-refractivity contribution in [1.29, 1.82) is 0 Å². The number of carbonyl (C=O) groups excluding carboxylic acids is 2. The number of anilines is 2. The SMILES string of the molecule is CC(=O)N1C[C@H](C(=O)N(C)c2ccccc2)Oc2ccccc21. The Balaban J connectivity index is 1.87. The molecule has 118 valence electrons. The molecule has 0 radical (unpaired) electrons. The highest BCUT2D eigenvalue weighted by molar-refractivity contribution is 6.00. The molecule has 23 heavy (non-hydrogen) atoms. The van der Waals surface area contributed by atoms with Crippen LogP contribution < -0.4 is 14.5 Å². The van der Waals surface area contributed by atoms with Gasteiger partial charge in [0.15, 0.2) is 6.10 Å². The Morgan fingerprint density at radius 2 is 1.74 bits per heavy atom. The maximum Gasteiger partial charge on any atom is 0.269 e. The second-order valence-electron chi connectivity index (χ2n) is 5.44. The van der Waals surface area contributed by atoms with Crippen molar-refractivity contribution in [2.45, 2.75) is 13.0 Å². The molecular weight excluding hydrogens is 292 g/mol. The van der Waals surface area contributed by atoms with Crippen LogP contribution in [0.3, 0.4) is 0 Å². The van der Waals surface area contributed by atoms with Gasteiger partial charge in [0.05, 0.1) is 12.2 Å². The topological polar surface area (TPSA) is 49.9 Å². The average molecular weight is 310 g/mol. The second kappa shape index (κ2) is 6.12. The van der Waals surface area contributed by atoms with E-state index in [-0.39, 0.29) is 18.4 Å². The third-order valence-corrected chi connectivity index (χ3v) is 3.90. The van der Waals surface area contributed by atoms with Gasteiger partial charge in [0, 0.05) is 19.7 Å². The third-order valence-electron chi connectivity index (χ3n) is 3.90. The molecule has 0 aliphatic carbocycles. The molecule has 0 fully saturated rings. The minimum absolute atomic E-state index is 0.110. The van der Waals surface area contributed by atoms with Gasteiger partial charge in [0.1, 0.15) is 5.75 Å². The molecule has 0 aromatic heterocycles. The number of amides is 2. The summed E-state index contributed by atoms with van der Waals surface area (Å²) in [5.41, 5.74) is 1.49. The van der Waals surface area contributed by atoms with E-state index in [2.05, 4.69) is 0 Å². The van der Waals surface area contributed by atoms with E-state index in [0.717, 1.165) is 5.69 Å². The maximum atomic E-state index is 12.7. The molecule has 1 atom stereocenters. The largest absolute Gasteiger partial charge is 0.476 e. The average Bonchev–Trinajstić information content (AvgIpc) is 2.60. The van der Waals surface area contributed by atoms with E-state index in [0.29, 0.717) is 11.4 Å². The Morgan fingerprint density at radius 3 is 2.43 bits per heavy atom. The summed E-state index contributed by atoms with van der Waals surface area (Å²) in [6.07, 6.45) is -0.723. The lowest BCUT2D eigenvalue weighted by atomic mass is 10.1. The highest BCUT2D eigenvalue weighted by Gasteiger charge is 2.34. The Kier molecular flexibility index (Phi) is 4.02. The number of fused-ring (bicyclic) bond motifs is 1. The van der Waals surface area contributed by atoms with Crippen LogP contribution >= 0.6 is 0 Å². The van der Waals surface area contributed by atoms with Crippen LogP contribution in [0.2, 0.25) is 0 Å². The smallest absolute Gasteiger partial charge is 0.269 e. The van der Waals surface area contributed by atoms with Crippen molar-refractivity contribution in [1.82, 2.24) is 0 Å². The van der Waals surface area contributed by atoms with Crippen molar-refractivity contribution in [2.24, 2.45) is 0 Å². The standard InChI is InChI=1S/C18H18N2O3/c1-13(21)20-12-17(23-16-11-7-6-10-15(16)20)18(22)19(2)14-8-4-3-5-9-14/h3-11,17H,12H2,1-2H3/t17-/m1/s1. The number of ether oxygens (including phenoxy) is 1. The molecule has 5 nitrogen and oxygen atoms in total. The molecule has 0 spiro atoms. The van der Waals surface area contributed by atoms with Gasteiger partial charge >= 0.3 is 0 Å². The normalized spacial score (nSPS) is 16.3. The number of hydrogen-bond donors (Lipinski definition) is 0. The van der Waals surface area contributed by atoms with Crippen molar-refractivity contribution >= 4 is 23.2 Å². The molecule has 0 saturated heterocycles. The minimum Gasteiger partial charge on any atom is -0.476 e. The van der Waals surface area contributed by atoms with Crippen molar-refractivity contribution in [3.8, 4) is 5.75 Å². The quantitative estimate of drug-likeness (QED) is 0.856. The zero-order valence-corrected chi connectivity index (χ0v) is 13.1. The fourth-order valence-corrected chi connectivity index (χ4v) is 2.66. The van der Waals surface area contributed by atoms with Gasteiger partial charge in [-0.2, -0.15) is 0 Å². The van der Waals surface area contributed by atoms with E-state index in [9.17, 15) is 9.59 Å². The van der Waals surface area contributed by atoms with E-state index in [4.69, 9.17) is 4.74 Å². The first-order valence-electron chi connectivity index (χ1n) is 7.44. The Hall–Kier alpha value is -2.82. The summed E-state index contributed by atoms with van der Waals surface area (Å²) in [5, 5.41) is 0. The molecule has 3 rings (SSSR count). The van der Waals surface area contributed by atoms with Gasteiger partial charge in [-0.1, -0.05) is 30.3 Å². The lowest BCUT2D eigenvalue weighted by Crippen LogP contribution is -2.50. The van der Waals surface area contributed by atoms with E-state index in [1.54, 1.807) is 22.9 Å². The monoisotopic (exact) mass is 310 g/mol. The summed E-state index contributed by atoms with van der Waals surface area (Å²) >= 11 is 0. The number of hydrogen-bond acceptors (Lipinski definition) is 3. The Bertz CT molecular complexity index is 730. The van der Waals surface area contributed by atoms with Crippen LogP contribution in [0.1, 0.15) is 6.92 Å². The fraction of sp³-hybridized carbons (Fsp3) is 0.222. The molecule has 5 heteroatoms. The minimum atomic E-state index is -0.723. The van der Waals surface area contributed by atoms with Gasteiger partial charge in [-0.25, -0.2) is 0 Å². The first-order valence-corrected chi connectivity index (χ1v) is 7.44. The molecule has 1 aliphatic rings. The molecule has 2 aromatic carbocycles. The van der Waals surface area contributed by atoms with Gasteiger partial charge in [-0.3, -0.25) is 9.59 Å². The molecule has 0 N–H and O–H groups in total. The fourth-order valence-electron chi connectivity index (χ4n) is 2.66. The van der Waals surface area contributed by atoms with Crippen molar-refractivity contribution in [3.05, 3.63) is 54.6 Å². The van der Waals surface area contributed by atoms with Crippen molar-refractivity contribution in [3.63, 3.8) is 0 Å². The van der Waals surface area contributed by atoms with E-state index in [1.807, 2.05) is 48.5 Å². The molecule has 1 aliphatic heterocycles. The van der Waals surface area contributed by atoms with Crippen LogP contribution in [-0.4, -0.2) is 31.5 Å². The lowest BCUT2D eigenvalue weighted by molar-refractivity contribution is -0.125. The van der Waals surface area contributed by atoms with Gasteiger partial charge in [-0.05, 0) is 24.3 Å². The summed E-state index contributed by atoms with van der Waals surface area (Å²) in [6.45, 7) is 1.70. The number of likely N-dealkylation sites (N-methyl/N-ethyl adjacent to an activating group) is 1. The van der Waals surface area contributed by atoms with Crippen LogP contribution in [-0.2, 0) is 9.59 Å². The molecule has 2 aromatic rings. The van der Waals surface area contributed by atoms with Crippen LogP contribution in [0.15, 0.2) is 54.6 Å². The van der Waals surface area contributed by atoms with Crippen LogP contribution in [0, 0.1) is 0 Å². The van der Waals surface area contributed by atoms with Crippen LogP contribution in [0.25, 0.3) is 0 Å². The van der Waals surface area contributed by atoms with Gasteiger partial charge in [-0.15, -0.1) is 0 Å². The van der Waals surface area contributed by atoms with Crippen LogP contribution in [0.4, 0.5) is 11.4 Å². The van der Waals surface area contributed by atoms with Gasteiger partial charge < -0.3 is 14.5 Å². The zero-order valence-electron chi connectivity index (χ0n) is 13.1. The van der Waals surface area contributed by atoms with E-state index < -0.39 is 6.10 Å². The molecule has 0 saturated carbocycles. The van der Waals surface area contributed by atoms with E-state index >= 15 is 0 Å². The first kappa shape index (κ1) is 15.1. The summed E-state index contributed by atoms with van der Waals surface area (Å²) < 4.78 is 5.83. The summed E-state index contributed by atoms with van der Waals surface area (Å²) in [6, 6.07) is 16.6. The molecule has 1 heterocycles. The molecule has 0 unspecified atom stereocenters. The Labute approximate surface area is 135 Å². The lowest BCUT2D eigenvalue weighted by Gasteiger charge is -2.35. The van der Waals surface area contributed by atoms with Crippen molar-refractivity contribution in [2.75, 3.05) is 23.4 Å². The molecular formula is C18H18N2O3. The van der Waals surface area contributed by atoms with Gasteiger partial charge in [0.25, 0.3) is 5.91 Å². The second-order valence-corrected chi connectivity index (χ2v) is 5.44. The number of nitrogens with zero attached hydrogens (tertiary/aromatic N) is 2. The third kappa shape index (κ3) is 2.90. The number of rotatable bonds is 2. The number of carbonyl (C=O) groups is 2.